The number of nitrogens with one attached hydrogen (secondary N) is 1. The van der Waals surface area contributed by atoms with Crippen molar-refractivity contribution in [2.24, 2.45) is 0 Å². The second-order valence-electron chi connectivity index (χ2n) is 4.83. The molecule has 0 saturated carbocycles. The summed E-state index contributed by atoms with van der Waals surface area (Å²) in [6, 6.07) is 9.12. The Morgan fingerprint density at radius 1 is 1.25 bits per heavy atom. The Hall–Kier alpha value is -2.44. The monoisotopic (exact) mass is 362 g/mol. The van der Waals surface area contributed by atoms with Crippen molar-refractivity contribution in [2.45, 2.75) is 6.04 Å². The van der Waals surface area contributed by atoms with Crippen molar-refractivity contribution in [2.75, 3.05) is 7.05 Å². The van der Waals surface area contributed by atoms with E-state index < -0.39 is 18.0 Å². The number of carbonyl (C=O) groups is 3. The van der Waals surface area contributed by atoms with Crippen LogP contribution in [0.1, 0.15) is 16.5 Å². The van der Waals surface area contributed by atoms with Crippen LogP contribution >= 0.6 is 22.9 Å². The number of carbonyl (C=O) groups excluding carboxylic acids is 3. The Balaban J connectivity index is 2.00. The first-order valence-electron chi connectivity index (χ1n) is 7.02. The summed E-state index contributed by atoms with van der Waals surface area (Å²) < 4.78 is 0. The van der Waals surface area contributed by atoms with Crippen LogP contribution in [-0.2, 0) is 9.59 Å². The molecule has 0 aliphatic heterocycles. The Kier molecular flexibility index (Phi) is 6.28. The lowest BCUT2D eigenvalue weighted by molar-refractivity contribution is -0.122. The number of hydrogen-bond donors (Lipinski definition) is 1. The fourth-order valence-corrected chi connectivity index (χ4v) is 2.78. The molecular weight excluding hydrogens is 348 g/mol. The number of amides is 3. The van der Waals surface area contributed by atoms with Crippen LogP contribution in [0.25, 0.3) is 6.08 Å². The highest BCUT2D eigenvalue weighted by molar-refractivity contribution is 7.10. The number of nitrogens with zero attached hydrogens (tertiary/aromatic N) is 1. The van der Waals surface area contributed by atoms with Crippen LogP contribution in [0.3, 0.4) is 0 Å². The van der Waals surface area contributed by atoms with Crippen LogP contribution in [0, 0.1) is 0 Å². The molecule has 1 aromatic carbocycles. The molecule has 0 aliphatic carbocycles. The average molecular weight is 363 g/mol. The number of urea groups is 1. The fourth-order valence-electron chi connectivity index (χ4n) is 1.85. The summed E-state index contributed by atoms with van der Waals surface area (Å²) in [4.78, 5) is 36.9. The summed E-state index contributed by atoms with van der Waals surface area (Å²) in [5.41, 5.74) is 0.672. The molecular formula is C17H15ClN2O3S. The molecule has 124 valence electrons. The summed E-state index contributed by atoms with van der Waals surface area (Å²) >= 11 is 7.35. The number of thiophene rings is 1. The second-order valence-corrected chi connectivity index (χ2v) is 6.22. The van der Waals surface area contributed by atoms with Gasteiger partial charge in [-0.05, 0) is 29.2 Å². The van der Waals surface area contributed by atoms with Crippen LogP contribution in [0.5, 0.6) is 0 Å². The minimum atomic E-state index is -0.778. The van der Waals surface area contributed by atoms with Gasteiger partial charge in [-0.25, -0.2) is 4.79 Å². The molecule has 0 saturated heterocycles. The summed E-state index contributed by atoms with van der Waals surface area (Å²) in [7, 11) is 1.34. The Morgan fingerprint density at radius 3 is 2.62 bits per heavy atom. The Labute approximate surface area is 148 Å². The van der Waals surface area contributed by atoms with Crippen molar-refractivity contribution in [1.29, 1.82) is 0 Å². The fraction of sp³-hybridized carbons (Fsp3) is 0.118. The normalized spacial score (nSPS) is 11.9. The van der Waals surface area contributed by atoms with Gasteiger partial charge in [0.1, 0.15) is 12.3 Å². The zero-order valence-electron chi connectivity index (χ0n) is 12.8. The zero-order chi connectivity index (χ0) is 17.5. The molecule has 2 aromatic rings. The predicted molar refractivity (Wildman–Crippen MR) is 94.9 cm³/mol. The summed E-state index contributed by atoms with van der Waals surface area (Å²) in [6.45, 7) is 0. The molecule has 0 fully saturated rings. The van der Waals surface area contributed by atoms with E-state index in [1.807, 2.05) is 0 Å². The summed E-state index contributed by atoms with van der Waals surface area (Å²) in [6.07, 6.45) is 3.41. The SMILES string of the molecule is CN(C(=O)C=Cc1ccccc1Cl)C(=O)NC(C=O)c1cccs1. The average Bonchev–Trinajstić information content (AvgIpc) is 3.12. The lowest BCUT2D eigenvalue weighted by atomic mass is 10.2. The van der Waals surface area contributed by atoms with Crippen molar-refractivity contribution in [3.05, 3.63) is 63.3 Å². The number of imide groups is 1. The minimum absolute atomic E-state index is 0.507. The van der Waals surface area contributed by atoms with Crippen molar-refractivity contribution in [3.8, 4) is 0 Å². The van der Waals surface area contributed by atoms with Crippen molar-refractivity contribution in [3.63, 3.8) is 0 Å². The van der Waals surface area contributed by atoms with Gasteiger partial charge >= 0.3 is 6.03 Å². The van der Waals surface area contributed by atoms with Crippen LogP contribution < -0.4 is 5.32 Å². The number of aldehydes is 1. The van der Waals surface area contributed by atoms with Gasteiger partial charge in [0.05, 0.1) is 0 Å². The number of rotatable bonds is 5. The first-order valence-corrected chi connectivity index (χ1v) is 8.28. The van der Waals surface area contributed by atoms with E-state index >= 15 is 0 Å². The molecule has 5 nitrogen and oxygen atoms in total. The van der Waals surface area contributed by atoms with Gasteiger partial charge in [0.15, 0.2) is 0 Å². The maximum absolute atomic E-state index is 12.1. The maximum Gasteiger partial charge on any atom is 0.324 e. The molecule has 1 unspecified atom stereocenters. The number of benzene rings is 1. The topological polar surface area (TPSA) is 66.5 Å². The Bertz CT molecular complexity index is 759. The lowest BCUT2D eigenvalue weighted by Crippen LogP contribution is -2.42. The van der Waals surface area contributed by atoms with Crippen LogP contribution in [0.4, 0.5) is 4.79 Å². The molecule has 1 N–H and O–H groups in total. The predicted octanol–water partition coefficient (Wildman–Crippen LogP) is 3.52. The van der Waals surface area contributed by atoms with E-state index in [1.54, 1.807) is 41.8 Å². The highest BCUT2D eigenvalue weighted by atomic mass is 35.5. The van der Waals surface area contributed by atoms with Crippen molar-refractivity contribution < 1.29 is 14.4 Å². The third-order valence-corrected chi connectivity index (χ3v) is 4.51. The molecule has 1 atom stereocenters. The Morgan fingerprint density at radius 2 is 2.00 bits per heavy atom. The van der Waals surface area contributed by atoms with E-state index in [9.17, 15) is 14.4 Å². The van der Waals surface area contributed by atoms with Gasteiger partial charge in [0.25, 0.3) is 5.91 Å². The molecule has 7 heteroatoms. The zero-order valence-corrected chi connectivity index (χ0v) is 14.4. The molecule has 1 aromatic heterocycles. The van der Waals surface area contributed by atoms with Gasteiger partial charge < -0.3 is 10.1 Å². The minimum Gasteiger partial charge on any atom is -0.323 e. The van der Waals surface area contributed by atoms with E-state index in [1.165, 1.54) is 30.5 Å². The van der Waals surface area contributed by atoms with E-state index in [2.05, 4.69) is 5.32 Å². The second kappa shape index (κ2) is 8.42. The van der Waals surface area contributed by atoms with Gasteiger partial charge in [-0.2, -0.15) is 0 Å². The third-order valence-electron chi connectivity index (χ3n) is 3.21. The van der Waals surface area contributed by atoms with Crippen molar-refractivity contribution >= 4 is 47.2 Å². The van der Waals surface area contributed by atoms with E-state index in [-0.39, 0.29) is 0 Å². The van der Waals surface area contributed by atoms with E-state index in [4.69, 9.17) is 11.6 Å². The van der Waals surface area contributed by atoms with Gasteiger partial charge in [-0.1, -0.05) is 35.9 Å². The van der Waals surface area contributed by atoms with Gasteiger partial charge in [-0.3, -0.25) is 9.69 Å². The van der Waals surface area contributed by atoms with E-state index in [0.717, 1.165) is 4.90 Å². The maximum atomic E-state index is 12.1. The van der Waals surface area contributed by atoms with Gasteiger partial charge in [0.2, 0.25) is 0 Å². The third kappa shape index (κ3) is 4.53. The standard InChI is InChI=1S/C17H15ClN2O3S/c1-20(16(22)9-8-12-5-2-3-6-13(12)18)17(23)19-14(11-21)15-7-4-10-24-15/h2-11,14H,1H3,(H,19,23). The highest BCUT2D eigenvalue weighted by Crippen LogP contribution is 2.18. The molecule has 0 aliphatic rings. The van der Waals surface area contributed by atoms with Crippen molar-refractivity contribution in [1.82, 2.24) is 10.2 Å². The first-order chi connectivity index (χ1) is 11.5. The van der Waals surface area contributed by atoms with Crippen LogP contribution in [0.15, 0.2) is 47.9 Å². The molecule has 24 heavy (non-hydrogen) atoms. The summed E-state index contributed by atoms with van der Waals surface area (Å²) in [5, 5.41) is 4.82. The number of halogens is 1. The molecule has 2 rings (SSSR count). The smallest absolute Gasteiger partial charge is 0.323 e. The molecule has 1 heterocycles. The van der Waals surface area contributed by atoms with E-state index in [0.29, 0.717) is 21.7 Å². The number of likely N-dealkylation sites (N-methyl/N-ethyl adjacent to an activating group) is 1. The molecule has 3 amide bonds. The van der Waals surface area contributed by atoms with Gasteiger partial charge in [0, 0.05) is 23.0 Å². The highest BCUT2D eigenvalue weighted by Gasteiger charge is 2.20. The van der Waals surface area contributed by atoms with Crippen LogP contribution in [-0.4, -0.2) is 30.2 Å². The lowest BCUT2D eigenvalue weighted by Gasteiger charge is -2.17. The first kappa shape index (κ1) is 17.9. The largest absolute Gasteiger partial charge is 0.324 e. The summed E-state index contributed by atoms with van der Waals surface area (Å²) in [5.74, 6) is -0.525. The van der Waals surface area contributed by atoms with Crippen LogP contribution in [0.2, 0.25) is 5.02 Å². The molecule has 0 spiro atoms. The van der Waals surface area contributed by atoms with Gasteiger partial charge in [-0.15, -0.1) is 11.3 Å². The number of hydrogen-bond acceptors (Lipinski definition) is 4. The molecule has 0 bridgehead atoms. The quantitative estimate of drug-likeness (QED) is 0.653. The molecule has 0 radical (unpaired) electrons.